The van der Waals surface area contributed by atoms with Crippen LogP contribution in [-0.4, -0.2) is 56.8 Å². The van der Waals surface area contributed by atoms with Gasteiger partial charge < -0.3 is 9.64 Å². The lowest BCUT2D eigenvalue weighted by molar-refractivity contribution is 0.0773. The highest BCUT2D eigenvalue weighted by atomic mass is 32.2. The number of benzene rings is 2. The second-order valence-electron chi connectivity index (χ2n) is 6.51. The van der Waals surface area contributed by atoms with Crippen LogP contribution in [0.3, 0.4) is 0 Å². The van der Waals surface area contributed by atoms with Gasteiger partial charge in [-0.15, -0.1) is 0 Å². The van der Waals surface area contributed by atoms with Gasteiger partial charge in [0.1, 0.15) is 12.4 Å². The van der Waals surface area contributed by atoms with Gasteiger partial charge >= 0.3 is 0 Å². The van der Waals surface area contributed by atoms with Crippen LogP contribution in [0.25, 0.3) is 0 Å². The number of sulfonamides is 1. The van der Waals surface area contributed by atoms with E-state index in [0.717, 1.165) is 11.3 Å². The van der Waals surface area contributed by atoms with Crippen molar-refractivity contribution in [2.45, 2.75) is 25.7 Å². The topological polar surface area (TPSA) is 66.9 Å². The van der Waals surface area contributed by atoms with Crippen LogP contribution in [0.1, 0.15) is 29.8 Å². The molecule has 0 aliphatic carbocycles. The first-order chi connectivity index (χ1) is 13.3. The summed E-state index contributed by atoms with van der Waals surface area (Å²) in [6, 6.07) is 13.9. The van der Waals surface area contributed by atoms with Crippen molar-refractivity contribution in [2.75, 3.05) is 33.3 Å². The van der Waals surface area contributed by atoms with Crippen LogP contribution in [0.15, 0.2) is 53.4 Å². The van der Waals surface area contributed by atoms with Crippen molar-refractivity contribution < 1.29 is 17.9 Å². The van der Waals surface area contributed by atoms with E-state index < -0.39 is 10.0 Å². The number of hydrogen-bond acceptors (Lipinski definition) is 4. The molecule has 0 N–H and O–H groups in total. The molecular formula is C21H28N2O4S. The molecule has 7 heteroatoms. The second-order valence-corrected chi connectivity index (χ2v) is 8.44. The van der Waals surface area contributed by atoms with Crippen LogP contribution in [0, 0.1) is 6.92 Å². The Balaban J connectivity index is 2.04. The number of rotatable bonds is 9. The quantitative estimate of drug-likeness (QED) is 0.644. The fourth-order valence-electron chi connectivity index (χ4n) is 2.76. The molecule has 0 saturated heterocycles. The maximum Gasteiger partial charge on any atom is 0.253 e. The lowest BCUT2D eigenvalue weighted by Gasteiger charge is -2.20. The van der Waals surface area contributed by atoms with Crippen molar-refractivity contribution in [3.8, 4) is 5.75 Å². The van der Waals surface area contributed by atoms with E-state index in [4.69, 9.17) is 4.74 Å². The van der Waals surface area contributed by atoms with Crippen molar-refractivity contribution in [3.05, 3.63) is 59.7 Å². The summed E-state index contributed by atoms with van der Waals surface area (Å²) >= 11 is 0. The standard InChI is InChI=1S/C21H28N2O4S/c1-5-23(6-2)28(25,26)20-9-7-8-18(16-20)21(24)22(4)14-15-27-19-12-10-17(3)11-13-19/h7-13,16H,5-6,14-15H2,1-4H3. The van der Waals surface area contributed by atoms with E-state index >= 15 is 0 Å². The molecule has 2 aromatic carbocycles. The largest absolute Gasteiger partial charge is 0.492 e. The molecule has 2 aromatic rings. The summed E-state index contributed by atoms with van der Waals surface area (Å²) in [5.41, 5.74) is 1.49. The fraction of sp³-hybridized carbons (Fsp3) is 0.381. The lowest BCUT2D eigenvalue weighted by Crippen LogP contribution is -2.32. The fourth-order valence-corrected chi connectivity index (χ4v) is 4.26. The molecule has 6 nitrogen and oxygen atoms in total. The highest BCUT2D eigenvalue weighted by molar-refractivity contribution is 7.89. The van der Waals surface area contributed by atoms with Crippen LogP contribution >= 0.6 is 0 Å². The summed E-state index contributed by atoms with van der Waals surface area (Å²) in [7, 11) is -1.93. The maximum absolute atomic E-state index is 12.7. The molecule has 0 spiro atoms. The SMILES string of the molecule is CCN(CC)S(=O)(=O)c1cccc(C(=O)N(C)CCOc2ccc(C)cc2)c1. The Kier molecular flexibility index (Phi) is 7.60. The number of amides is 1. The zero-order valence-electron chi connectivity index (χ0n) is 16.9. The average molecular weight is 405 g/mol. The third-order valence-corrected chi connectivity index (χ3v) is 6.53. The molecule has 28 heavy (non-hydrogen) atoms. The summed E-state index contributed by atoms with van der Waals surface area (Å²) in [6.07, 6.45) is 0. The van der Waals surface area contributed by atoms with Gasteiger partial charge in [-0.3, -0.25) is 4.79 Å². The van der Waals surface area contributed by atoms with Crippen LogP contribution in [-0.2, 0) is 10.0 Å². The Morgan fingerprint density at radius 1 is 1.04 bits per heavy atom. The summed E-state index contributed by atoms with van der Waals surface area (Å²) < 4.78 is 32.4. The Morgan fingerprint density at radius 2 is 1.68 bits per heavy atom. The number of hydrogen-bond donors (Lipinski definition) is 0. The van der Waals surface area contributed by atoms with Gasteiger partial charge in [-0.2, -0.15) is 4.31 Å². The van der Waals surface area contributed by atoms with E-state index in [1.54, 1.807) is 33.0 Å². The second kappa shape index (κ2) is 9.71. The van der Waals surface area contributed by atoms with Gasteiger partial charge in [0.15, 0.2) is 0 Å². The highest BCUT2D eigenvalue weighted by Crippen LogP contribution is 2.18. The van der Waals surface area contributed by atoms with Gasteiger partial charge in [-0.1, -0.05) is 37.6 Å². The zero-order chi connectivity index (χ0) is 20.7. The van der Waals surface area contributed by atoms with Gasteiger partial charge in [0.2, 0.25) is 10.0 Å². The van der Waals surface area contributed by atoms with E-state index in [2.05, 4.69) is 0 Å². The predicted octanol–water partition coefficient (Wildman–Crippen LogP) is 3.18. The molecule has 0 radical (unpaired) electrons. The normalized spacial score (nSPS) is 11.5. The molecular weight excluding hydrogens is 376 g/mol. The molecule has 0 unspecified atom stereocenters. The monoisotopic (exact) mass is 404 g/mol. The third-order valence-electron chi connectivity index (χ3n) is 4.49. The van der Waals surface area contributed by atoms with Crippen molar-refractivity contribution in [3.63, 3.8) is 0 Å². The maximum atomic E-state index is 12.7. The summed E-state index contributed by atoms with van der Waals surface area (Å²) in [6.45, 7) is 7.09. The van der Waals surface area contributed by atoms with E-state index in [0.29, 0.717) is 31.8 Å². The van der Waals surface area contributed by atoms with Gasteiger partial charge in [0.05, 0.1) is 11.4 Å². The lowest BCUT2D eigenvalue weighted by atomic mass is 10.2. The molecule has 152 valence electrons. The molecule has 0 saturated carbocycles. The Bertz CT molecular complexity index is 891. The Hall–Kier alpha value is -2.38. The summed E-state index contributed by atoms with van der Waals surface area (Å²) in [5.74, 6) is 0.503. The van der Waals surface area contributed by atoms with Gasteiger partial charge in [0.25, 0.3) is 5.91 Å². The molecule has 0 atom stereocenters. The van der Waals surface area contributed by atoms with Crippen LogP contribution in [0.2, 0.25) is 0 Å². The van der Waals surface area contributed by atoms with E-state index in [1.807, 2.05) is 31.2 Å². The smallest absolute Gasteiger partial charge is 0.253 e. The number of carbonyl (C=O) groups excluding carboxylic acids is 1. The third kappa shape index (κ3) is 5.33. The average Bonchev–Trinajstić information content (AvgIpc) is 2.69. The van der Waals surface area contributed by atoms with Crippen molar-refractivity contribution >= 4 is 15.9 Å². The first kappa shape index (κ1) is 21.9. The summed E-state index contributed by atoms with van der Waals surface area (Å²) in [4.78, 5) is 14.3. The van der Waals surface area contributed by atoms with Gasteiger partial charge in [0, 0.05) is 25.7 Å². The zero-order valence-corrected chi connectivity index (χ0v) is 17.7. The molecule has 2 rings (SSSR count). The van der Waals surface area contributed by atoms with Crippen molar-refractivity contribution in [2.24, 2.45) is 0 Å². The molecule has 0 heterocycles. The van der Waals surface area contributed by atoms with Crippen LogP contribution in [0.4, 0.5) is 0 Å². The molecule has 0 aliphatic heterocycles. The van der Waals surface area contributed by atoms with Gasteiger partial charge in [-0.05, 0) is 37.3 Å². The molecule has 1 amide bonds. The minimum Gasteiger partial charge on any atom is -0.492 e. The number of ether oxygens (including phenoxy) is 1. The van der Waals surface area contributed by atoms with Crippen molar-refractivity contribution in [1.82, 2.24) is 9.21 Å². The number of nitrogens with zero attached hydrogens (tertiary/aromatic N) is 2. The van der Waals surface area contributed by atoms with Crippen LogP contribution in [0.5, 0.6) is 5.75 Å². The molecule has 0 fully saturated rings. The first-order valence-corrected chi connectivity index (χ1v) is 10.8. The van der Waals surface area contributed by atoms with E-state index in [1.165, 1.54) is 21.3 Å². The molecule has 0 aliphatic rings. The van der Waals surface area contributed by atoms with E-state index in [-0.39, 0.29) is 10.8 Å². The molecule has 0 bridgehead atoms. The van der Waals surface area contributed by atoms with Crippen molar-refractivity contribution in [1.29, 1.82) is 0 Å². The Morgan fingerprint density at radius 3 is 2.29 bits per heavy atom. The van der Waals surface area contributed by atoms with Crippen LogP contribution < -0.4 is 4.74 Å². The predicted molar refractivity (Wildman–Crippen MR) is 110 cm³/mol. The number of carbonyl (C=O) groups is 1. The first-order valence-electron chi connectivity index (χ1n) is 9.34. The highest BCUT2D eigenvalue weighted by Gasteiger charge is 2.23. The Labute approximate surface area is 167 Å². The minimum atomic E-state index is -3.60. The minimum absolute atomic E-state index is 0.131. The van der Waals surface area contributed by atoms with E-state index in [9.17, 15) is 13.2 Å². The number of aryl methyl sites for hydroxylation is 1. The summed E-state index contributed by atoms with van der Waals surface area (Å²) in [5, 5.41) is 0. The molecule has 0 aromatic heterocycles. The van der Waals surface area contributed by atoms with Gasteiger partial charge in [-0.25, -0.2) is 8.42 Å². The number of likely N-dealkylation sites (N-methyl/N-ethyl adjacent to an activating group) is 1.